The zero-order chi connectivity index (χ0) is 42.3. The molecule has 0 amide bonds. The summed E-state index contributed by atoms with van der Waals surface area (Å²) in [5.74, 6) is -0.608. The molecule has 0 aliphatic heterocycles. The lowest BCUT2D eigenvalue weighted by Gasteiger charge is -2.18. The predicted octanol–water partition coefficient (Wildman–Crippen LogP) is 6.44. The van der Waals surface area contributed by atoms with Crippen molar-refractivity contribution in [2.24, 2.45) is 0 Å². The number of nitrogens with one attached hydrogen (secondary N) is 2. The number of carbonyl (C=O) groups is 2. The van der Waals surface area contributed by atoms with Crippen LogP contribution in [0.4, 0.5) is 0 Å². The zero-order valence-corrected chi connectivity index (χ0v) is 33.5. The molecule has 1 heterocycles. The van der Waals surface area contributed by atoms with Crippen LogP contribution in [0.2, 0.25) is 5.02 Å². The fourth-order valence-corrected chi connectivity index (χ4v) is 6.68. The summed E-state index contributed by atoms with van der Waals surface area (Å²) in [5, 5.41) is 53.2. The molecule has 6 N–H and O–H groups in total. The zero-order valence-electron chi connectivity index (χ0n) is 32.8. The summed E-state index contributed by atoms with van der Waals surface area (Å²) in [6.45, 7) is 5.73. The number of rotatable bonds is 22. The number of hydrogen-bond acceptors (Lipinski definition) is 11. The number of benzene rings is 4. The molecule has 14 heteroatoms. The normalized spacial score (nSPS) is 12.0. The van der Waals surface area contributed by atoms with Crippen molar-refractivity contribution in [2.75, 3.05) is 26.2 Å². The van der Waals surface area contributed by atoms with Gasteiger partial charge in [-0.15, -0.1) is 0 Å². The minimum atomic E-state index is -1.10. The lowest BCUT2D eigenvalue weighted by Crippen LogP contribution is -2.31. The molecule has 0 unspecified atom stereocenters. The number of carboxylic acids is 2. The molecule has 0 spiro atoms. The molecule has 1 aromatic heterocycles. The first-order valence-corrected chi connectivity index (χ1v) is 19.3. The largest absolute Gasteiger partial charge is 0.492 e. The summed E-state index contributed by atoms with van der Waals surface area (Å²) >= 11 is 6.75. The highest BCUT2D eigenvalue weighted by atomic mass is 35.5. The maximum atomic E-state index is 11.0. The van der Waals surface area contributed by atoms with Crippen molar-refractivity contribution in [1.29, 1.82) is 5.26 Å². The van der Waals surface area contributed by atoms with Gasteiger partial charge in [-0.2, -0.15) is 5.26 Å². The summed E-state index contributed by atoms with van der Waals surface area (Å²) in [5.41, 5.74) is 9.08. The number of ether oxygens (including phenoxy) is 3. The molecule has 0 fully saturated rings. The fraction of sp³-hybridized carbons (Fsp3) is 0.289. The lowest BCUT2D eigenvalue weighted by molar-refractivity contribution is -0.140. The van der Waals surface area contributed by atoms with Crippen LogP contribution in [-0.4, -0.2) is 75.8 Å². The van der Waals surface area contributed by atoms with E-state index in [0.717, 1.165) is 38.9 Å². The molecule has 2 atom stereocenters. The van der Waals surface area contributed by atoms with E-state index < -0.39 is 30.6 Å². The number of aliphatic carboxylic acids is 2. The SMILES string of the molecule is Cc1c(COc2cc(OCc3cncc(C#N)c3)c(CNC[C@@H](O)CC(=O)O)cc2Cl)cccc1-c1cccc(-c2ccc(OCCNC[C@@H](O)CC(=O)O)cc2)c1C. The number of hydrogen-bond donors (Lipinski definition) is 6. The Bertz CT molecular complexity index is 2260. The molecular weight excluding hydrogens is 776 g/mol. The van der Waals surface area contributed by atoms with Crippen LogP contribution in [0.3, 0.4) is 0 Å². The van der Waals surface area contributed by atoms with Gasteiger partial charge in [0, 0.05) is 55.8 Å². The van der Waals surface area contributed by atoms with Gasteiger partial charge in [-0.05, 0) is 77.1 Å². The summed E-state index contributed by atoms with van der Waals surface area (Å²) in [7, 11) is 0. The van der Waals surface area contributed by atoms with Crippen molar-refractivity contribution >= 4 is 23.5 Å². The number of pyridine rings is 1. The molecular formula is C45H47ClN4O9. The summed E-state index contributed by atoms with van der Waals surface area (Å²) in [6.07, 6.45) is 0.347. The monoisotopic (exact) mass is 822 g/mol. The molecule has 0 bridgehead atoms. The second-order valence-electron chi connectivity index (χ2n) is 13.9. The Morgan fingerprint density at radius 1 is 0.763 bits per heavy atom. The van der Waals surface area contributed by atoms with Crippen LogP contribution in [-0.2, 0) is 29.3 Å². The van der Waals surface area contributed by atoms with Crippen molar-refractivity contribution in [2.45, 2.75) is 58.7 Å². The lowest BCUT2D eigenvalue weighted by atomic mass is 9.89. The van der Waals surface area contributed by atoms with Gasteiger partial charge >= 0.3 is 11.9 Å². The average Bonchev–Trinajstić information content (AvgIpc) is 3.20. The van der Waals surface area contributed by atoms with E-state index in [1.54, 1.807) is 24.4 Å². The molecule has 308 valence electrons. The number of carboxylic acid groups (broad SMARTS) is 2. The van der Waals surface area contributed by atoms with Crippen LogP contribution in [0.5, 0.6) is 17.2 Å². The molecule has 4 aromatic carbocycles. The van der Waals surface area contributed by atoms with E-state index in [2.05, 4.69) is 53.7 Å². The molecule has 59 heavy (non-hydrogen) atoms. The highest BCUT2D eigenvalue weighted by Crippen LogP contribution is 2.37. The van der Waals surface area contributed by atoms with Crippen molar-refractivity contribution in [3.05, 3.63) is 130 Å². The Balaban J connectivity index is 1.28. The van der Waals surface area contributed by atoms with Crippen LogP contribution in [0.1, 0.15) is 46.2 Å². The van der Waals surface area contributed by atoms with Crippen molar-refractivity contribution in [1.82, 2.24) is 15.6 Å². The third-order valence-electron chi connectivity index (χ3n) is 9.50. The van der Waals surface area contributed by atoms with Crippen LogP contribution >= 0.6 is 11.6 Å². The van der Waals surface area contributed by atoms with E-state index >= 15 is 0 Å². The highest BCUT2D eigenvalue weighted by molar-refractivity contribution is 6.32. The van der Waals surface area contributed by atoms with E-state index in [1.165, 1.54) is 6.20 Å². The van der Waals surface area contributed by atoms with Crippen molar-refractivity contribution in [3.8, 4) is 45.6 Å². The van der Waals surface area contributed by atoms with Gasteiger partial charge in [-0.3, -0.25) is 14.6 Å². The van der Waals surface area contributed by atoms with Crippen LogP contribution in [0.25, 0.3) is 22.3 Å². The Morgan fingerprint density at radius 2 is 1.41 bits per heavy atom. The first kappa shape index (κ1) is 44.1. The van der Waals surface area contributed by atoms with Crippen LogP contribution < -0.4 is 24.8 Å². The second kappa shape index (κ2) is 21.7. The van der Waals surface area contributed by atoms with Crippen LogP contribution in [0.15, 0.2) is 91.3 Å². The molecule has 0 aliphatic rings. The van der Waals surface area contributed by atoms with E-state index in [0.29, 0.717) is 52.1 Å². The summed E-state index contributed by atoms with van der Waals surface area (Å²) in [4.78, 5) is 25.8. The third kappa shape index (κ3) is 13.0. The number of nitriles is 1. The molecule has 13 nitrogen and oxygen atoms in total. The van der Waals surface area contributed by atoms with Gasteiger partial charge in [0.2, 0.25) is 0 Å². The number of halogens is 1. The topological polar surface area (TPSA) is 203 Å². The predicted molar refractivity (Wildman–Crippen MR) is 222 cm³/mol. The van der Waals surface area contributed by atoms with E-state index in [1.807, 2.05) is 42.5 Å². The van der Waals surface area contributed by atoms with Gasteiger partial charge in [0.25, 0.3) is 0 Å². The third-order valence-corrected chi connectivity index (χ3v) is 9.79. The number of aromatic nitrogens is 1. The minimum Gasteiger partial charge on any atom is -0.492 e. The number of aliphatic hydroxyl groups is 2. The van der Waals surface area contributed by atoms with Gasteiger partial charge in [0.1, 0.15) is 43.1 Å². The fourth-order valence-electron chi connectivity index (χ4n) is 6.44. The van der Waals surface area contributed by atoms with Gasteiger partial charge in [0.05, 0.1) is 35.6 Å². The van der Waals surface area contributed by atoms with Gasteiger partial charge < -0.3 is 45.3 Å². The van der Waals surface area contributed by atoms with Crippen LogP contribution in [0, 0.1) is 25.2 Å². The number of aliphatic hydroxyl groups excluding tert-OH is 2. The standard InChI is InChI=1S/C45H47ClN4O9/c1-28-33(27-59-43-19-42(58-26-31-15-30(20-47)21-49-22-31)34(16-41(43)46)23-50-25-36(52)18-45(55)56)5-3-7-39(28)40-8-4-6-38(29(40)2)32-9-11-37(12-10-32)57-14-13-48-24-35(51)17-44(53)54/h3-12,15-16,19,21-22,35-36,48,50-52H,13-14,17-18,23-27H2,1-2H3,(H,53,54)(H,55,56)/t35-,36-/m0/s1. The first-order chi connectivity index (χ1) is 28.4. The van der Waals surface area contributed by atoms with Crippen molar-refractivity contribution < 1.29 is 44.2 Å². The molecule has 0 saturated carbocycles. The van der Waals surface area contributed by atoms with Gasteiger partial charge in [0.15, 0.2) is 0 Å². The highest BCUT2D eigenvalue weighted by Gasteiger charge is 2.17. The van der Waals surface area contributed by atoms with E-state index in [9.17, 15) is 25.1 Å². The second-order valence-corrected chi connectivity index (χ2v) is 14.3. The quantitative estimate of drug-likeness (QED) is 0.0417. The first-order valence-electron chi connectivity index (χ1n) is 19.0. The summed E-state index contributed by atoms with van der Waals surface area (Å²) in [6, 6.07) is 27.3. The minimum absolute atomic E-state index is 0.0432. The Labute approximate surface area is 347 Å². The molecule has 0 radical (unpaired) electrons. The average molecular weight is 823 g/mol. The Hall–Kier alpha value is -6.01. The molecule has 5 rings (SSSR count). The maximum Gasteiger partial charge on any atom is 0.306 e. The summed E-state index contributed by atoms with van der Waals surface area (Å²) < 4.78 is 18.3. The Morgan fingerprint density at radius 3 is 2.10 bits per heavy atom. The van der Waals surface area contributed by atoms with Gasteiger partial charge in [-0.25, -0.2) is 0 Å². The molecule has 5 aromatic rings. The van der Waals surface area contributed by atoms with Gasteiger partial charge in [-0.1, -0.05) is 60.1 Å². The van der Waals surface area contributed by atoms with Crippen molar-refractivity contribution in [3.63, 3.8) is 0 Å². The smallest absolute Gasteiger partial charge is 0.306 e. The Kier molecular flexibility index (Phi) is 16.2. The number of nitrogens with zero attached hydrogens (tertiary/aromatic N) is 2. The molecule has 0 saturated heterocycles. The molecule has 0 aliphatic carbocycles. The maximum absolute atomic E-state index is 11.0. The van der Waals surface area contributed by atoms with E-state index in [4.69, 9.17) is 36.0 Å². The van der Waals surface area contributed by atoms with E-state index in [-0.39, 0.29) is 39.3 Å².